The molecule has 0 aliphatic rings. The molecule has 0 fully saturated rings. The molecule has 0 unspecified atom stereocenters. The number of aryl methyl sites for hydroxylation is 1. The first-order valence-electron chi connectivity index (χ1n) is 4.60. The van der Waals surface area contributed by atoms with E-state index in [4.69, 9.17) is 10.3 Å². The first-order chi connectivity index (χ1) is 6.81. The zero-order valence-electron chi connectivity index (χ0n) is 8.03. The van der Waals surface area contributed by atoms with Crippen LogP contribution in [0.5, 0.6) is 0 Å². The smallest absolute Gasteiger partial charge is 0.229 e. The summed E-state index contributed by atoms with van der Waals surface area (Å²) in [5.41, 5.74) is 8.82. The van der Waals surface area contributed by atoms with E-state index in [9.17, 15) is 0 Å². The van der Waals surface area contributed by atoms with Crippen LogP contribution in [0.2, 0.25) is 0 Å². The normalized spacial score (nSPS) is 10.4. The standard InChI is InChI=1S/C11H12N2O/c1-2-8-3-5-9(6-4-8)10-7-13-14-11(10)12/h3-7H,2,12H2,1H3. The molecule has 0 aliphatic heterocycles. The number of aromatic nitrogens is 1. The van der Waals surface area contributed by atoms with Crippen molar-refractivity contribution >= 4 is 5.88 Å². The quantitative estimate of drug-likeness (QED) is 0.787. The molecule has 2 rings (SSSR count). The maximum Gasteiger partial charge on any atom is 0.229 e. The van der Waals surface area contributed by atoms with Gasteiger partial charge in [-0.1, -0.05) is 36.3 Å². The fourth-order valence-corrected chi connectivity index (χ4v) is 1.39. The van der Waals surface area contributed by atoms with Crippen molar-refractivity contribution in [1.82, 2.24) is 5.16 Å². The van der Waals surface area contributed by atoms with Crippen molar-refractivity contribution in [1.29, 1.82) is 0 Å². The predicted molar refractivity (Wildman–Crippen MR) is 55.7 cm³/mol. The summed E-state index contributed by atoms with van der Waals surface area (Å²) < 4.78 is 4.80. The van der Waals surface area contributed by atoms with E-state index in [2.05, 4.69) is 24.2 Å². The van der Waals surface area contributed by atoms with Crippen molar-refractivity contribution in [2.24, 2.45) is 0 Å². The first kappa shape index (κ1) is 8.81. The molecule has 3 nitrogen and oxygen atoms in total. The van der Waals surface area contributed by atoms with E-state index in [0.29, 0.717) is 5.88 Å². The van der Waals surface area contributed by atoms with Gasteiger partial charge in [0.1, 0.15) is 0 Å². The van der Waals surface area contributed by atoms with Gasteiger partial charge in [0, 0.05) is 0 Å². The Labute approximate surface area is 82.5 Å². The average Bonchev–Trinajstić information content (AvgIpc) is 2.65. The van der Waals surface area contributed by atoms with Gasteiger partial charge in [0.25, 0.3) is 0 Å². The van der Waals surface area contributed by atoms with Crippen molar-refractivity contribution in [3.05, 3.63) is 36.0 Å². The Morgan fingerprint density at radius 1 is 1.29 bits per heavy atom. The SMILES string of the molecule is CCc1ccc(-c2cnoc2N)cc1. The Balaban J connectivity index is 2.39. The molecule has 0 bridgehead atoms. The molecule has 0 aliphatic carbocycles. The van der Waals surface area contributed by atoms with Gasteiger partial charge >= 0.3 is 0 Å². The number of nitrogen functional groups attached to an aromatic ring is 1. The van der Waals surface area contributed by atoms with E-state index in [1.807, 2.05) is 12.1 Å². The van der Waals surface area contributed by atoms with Crippen LogP contribution in [0.1, 0.15) is 12.5 Å². The van der Waals surface area contributed by atoms with E-state index in [1.165, 1.54) is 5.56 Å². The van der Waals surface area contributed by atoms with Gasteiger partial charge in [-0.05, 0) is 17.5 Å². The van der Waals surface area contributed by atoms with E-state index in [1.54, 1.807) is 6.20 Å². The summed E-state index contributed by atoms with van der Waals surface area (Å²) in [7, 11) is 0. The predicted octanol–water partition coefficient (Wildman–Crippen LogP) is 2.49. The first-order valence-corrected chi connectivity index (χ1v) is 4.60. The Hall–Kier alpha value is -1.77. The highest BCUT2D eigenvalue weighted by Gasteiger charge is 2.05. The Kier molecular flexibility index (Phi) is 2.23. The van der Waals surface area contributed by atoms with Crippen LogP contribution in [0.25, 0.3) is 11.1 Å². The number of hydrogen-bond donors (Lipinski definition) is 1. The molecular formula is C11H12N2O. The molecule has 1 heterocycles. The molecule has 2 aromatic rings. The van der Waals surface area contributed by atoms with Crippen LogP contribution < -0.4 is 5.73 Å². The summed E-state index contributed by atoms with van der Waals surface area (Å²) in [5, 5.41) is 3.64. The monoisotopic (exact) mass is 188 g/mol. The lowest BCUT2D eigenvalue weighted by Crippen LogP contribution is -1.85. The van der Waals surface area contributed by atoms with E-state index in [0.717, 1.165) is 17.5 Å². The molecule has 0 spiro atoms. The molecule has 1 aromatic carbocycles. The summed E-state index contributed by atoms with van der Waals surface area (Å²) in [4.78, 5) is 0. The van der Waals surface area contributed by atoms with E-state index in [-0.39, 0.29) is 0 Å². The zero-order valence-corrected chi connectivity index (χ0v) is 8.03. The van der Waals surface area contributed by atoms with Crippen LogP contribution in [0, 0.1) is 0 Å². The lowest BCUT2D eigenvalue weighted by Gasteiger charge is -1.99. The van der Waals surface area contributed by atoms with Crippen molar-refractivity contribution in [3.8, 4) is 11.1 Å². The van der Waals surface area contributed by atoms with Gasteiger partial charge in [-0.2, -0.15) is 0 Å². The highest BCUT2D eigenvalue weighted by atomic mass is 16.5. The number of hydrogen-bond acceptors (Lipinski definition) is 3. The fraction of sp³-hybridized carbons (Fsp3) is 0.182. The van der Waals surface area contributed by atoms with Crippen LogP contribution >= 0.6 is 0 Å². The van der Waals surface area contributed by atoms with Gasteiger partial charge in [0.2, 0.25) is 5.88 Å². The molecule has 14 heavy (non-hydrogen) atoms. The van der Waals surface area contributed by atoms with Gasteiger partial charge < -0.3 is 10.3 Å². The number of nitrogens with two attached hydrogens (primary N) is 1. The van der Waals surface area contributed by atoms with Gasteiger partial charge in [0.15, 0.2) is 0 Å². The minimum atomic E-state index is 0.370. The number of rotatable bonds is 2. The molecular weight excluding hydrogens is 176 g/mol. The number of benzene rings is 1. The Bertz CT molecular complexity index is 417. The lowest BCUT2D eigenvalue weighted by atomic mass is 10.1. The van der Waals surface area contributed by atoms with Crippen molar-refractivity contribution in [3.63, 3.8) is 0 Å². The zero-order chi connectivity index (χ0) is 9.97. The summed E-state index contributed by atoms with van der Waals surface area (Å²) >= 11 is 0. The molecule has 0 saturated carbocycles. The van der Waals surface area contributed by atoms with E-state index >= 15 is 0 Å². The maximum absolute atomic E-state index is 5.61. The van der Waals surface area contributed by atoms with Crippen molar-refractivity contribution < 1.29 is 4.52 Å². The number of nitrogens with zero attached hydrogens (tertiary/aromatic N) is 1. The third kappa shape index (κ3) is 1.48. The van der Waals surface area contributed by atoms with Crippen LogP contribution in [0.15, 0.2) is 35.0 Å². The third-order valence-corrected chi connectivity index (χ3v) is 2.27. The molecule has 1 aromatic heterocycles. The summed E-state index contributed by atoms with van der Waals surface area (Å²) in [6.07, 6.45) is 2.68. The molecule has 3 heteroatoms. The second-order valence-electron chi connectivity index (χ2n) is 3.15. The molecule has 0 saturated heterocycles. The fourth-order valence-electron chi connectivity index (χ4n) is 1.39. The Morgan fingerprint density at radius 3 is 2.50 bits per heavy atom. The highest BCUT2D eigenvalue weighted by Crippen LogP contribution is 2.25. The summed E-state index contributed by atoms with van der Waals surface area (Å²) in [5.74, 6) is 0.370. The molecule has 0 atom stereocenters. The van der Waals surface area contributed by atoms with E-state index < -0.39 is 0 Å². The van der Waals surface area contributed by atoms with Gasteiger partial charge in [-0.15, -0.1) is 0 Å². The second kappa shape index (κ2) is 3.54. The lowest BCUT2D eigenvalue weighted by molar-refractivity contribution is 0.436. The maximum atomic E-state index is 5.61. The van der Waals surface area contributed by atoms with Crippen molar-refractivity contribution in [2.45, 2.75) is 13.3 Å². The molecule has 2 N–H and O–H groups in total. The summed E-state index contributed by atoms with van der Waals surface area (Å²) in [6, 6.07) is 8.23. The molecule has 0 radical (unpaired) electrons. The minimum absolute atomic E-state index is 0.370. The average molecular weight is 188 g/mol. The van der Waals surface area contributed by atoms with Crippen LogP contribution in [0.4, 0.5) is 5.88 Å². The Morgan fingerprint density at radius 2 is 2.00 bits per heavy atom. The number of anilines is 1. The van der Waals surface area contributed by atoms with Crippen molar-refractivity contribution in [2.75, 3.05) is 5.73 Å². The van der Waals surface area contributed by atoms with Crippen LogP contribution in [-0.4, -0.2) is 5.16 Å². The molecule has 72 valence electrons. The third-order valence-electron chi connectivity index (χ3n) is 2.27. The minimum Gasteiger partial charge on any atom is -0.367 e. The largest absolute Gasteiger partial charge is 0.367 e. The van der Waals surface area contributed by atoms with Gasteiger partial charge in [-0.25, -0.2) is 0 Å². The molecule has 0 amide bonds. The van der Waals surface area contributed by atoms with Crippen LogP contribution in [-0.2, 0) is 6.42 Å². The highest BCUT2D eigenvalue weighted by molar-refractivity contribution is 5.71. The van der Waals surface area contributed by atoms with Gasteiger partial charge in [0.05, 0.1) is 11.8 Å². The van der Waals surface area contributed by atoms with Gasteiger partial charge in [-0.3, -0.25) is 0 Å². The summed E-state index contributed by atoms with van der Waals surface area (Å²) in [6.45, 7) is 2.13. The topological polar surface area (TPSA) is 52.0 Å². The second-order valence-corrected chi connectivity index (χ2v) is 3.15. The van der Waals surface area contributed by atoms with Crippen LogP contribution in [0.3, 0.4) is 0 Å².